The first-order valence-electron chi connectivity index (χ1n) is 10.4. The molecule has 1 N–H and O–H groups in total. The molecule has 0 saturated carbocycles. The third-order valence-electron chi connectivity index (χ3n) is 5.15. The molecule has 2 aromatic heterocycles. The van der Waals surface area contributed by atoms with Gasteiger partial charge < -0.3 is 19.2 Å². The standard InChI is InChI=1S/C25H24N2O5/c1-15(2)31-19-9-7-18(8-10-19)23(28)21-22(20-11-6-16(3)32-20)27(25(30)24(21)29)14-17-5-4-12-26-13-17/h4-13,15,22,28H,14H2,1-3H3/t22-/m1/s1. The number of rotatable bonds is 6. The molecule has 0 unspecified atom stereocenters. The molecule has 7 nitrogen and oxygen atoms in total. The fourth-order valence-corrected chi connectivity index (χ4v) is 3.75. The van der Waals surface area contributed by atoms with E-state index >= 15 is 0 Å². The van der Waals surface area contributed by atoms with Crippen LogP contribution in [0.1, 0.15) is 42.5 Å². The van der Waals surface area contributed by atoms with Gasteiger partial charge in [0.2, 0.25) is 0 Å². The molecule has 32 heavy (non-hydrogen) atoms. The van der Waals surface area contributed by atoms with Gasteiger partial charge in [-0.2, -0.15) is 0 Å². The Morgan fingerprint density at radius 3 is 2.50 bits per heavy atom. The minimum atomic E-state index is -0.851. The lowest BCUT2D eigenvalue weighted by atomic mass is 9.99. The van der Waals surface area contributed by atoms with Gasteiger partial charge in [-0.15, -0.1) is 0 Å². The molecule has 4 rings (SSSR count). The average molecular weight is 432 g/mol. The van der Waals surface area contributed by atoms with E-state index in [9.17, 15) is 14.7 Å². The highest BCUT2D eigenvalue weighted by Gasteiger charge is 2.47. The van der Waals surface area contributed by atoms with E-state index in [2.05, 4.69) is 4.98 Å². The van der Waals surface area contributed by atoms with E-state index < -0.39 is 17.7 Å². The van der Waals surface area contributed by atoms with Crippen LogP contribution < -0.4 is 4.74 Å². The molecular formula is C25H24N2O5. The zero-order valence-corrected chi connectivity index (χ0v) is 18.1. The van der Waals surface area contributed by atoms with E-state index in [0.29, 0.717) is 22.8 Å². The molecule has 1 atom stereocenters. The molecule has 1 fully saturated rings. The summed E-state index contributed by atoms with van der Waals surface area (Å²) in [7, 11) is 0. The normalized spacial score (nSPS) is 17.9. The number of Topliss-reactive ketones (excluding diaryl/α,β-unsaturated/α-hetero) is 1. The number of aromatic nitrogens is 1. The van der Waals surface area contributed by atoms with Gasteiger partial charge in [0.05, 0.1) is 11.7 Å². The number of aryl methyl sites for hydroxylation is 1. The highest BCUT2D eigenvalue weighted by atomic mass is 16.5. The van der Waals surface area contributed by atoms with Crippen molar-refractivity contribution in [1.82, 2.24) is 9.88 Å². The van der Waals surface area contributed by atoms with E-state index in [1.54, 1.807) is 61.8 Å². The second kappa shape index (κ2) is 8.70. The van der Waals surface area contributed by atoms with Crippen LogP contribution in [-0.2, 0) is 16.1 Å². The molecule has 3 aromatic rings. The lowest BCUT2D eigenvalue weighted by molar-refractivity contribution is -0.140. The van der Waals surface area contributed by atoms with Crippen LogP contribution in [0, 0.1) is 6.92 Å². The first-order valence-corrected chi connectivity index (χ1v) is 10.4. The number of furan rings is 1. The number of ether oxygens (including phenoxy) is 1. The summed E-state index contributed by atoms with van der Waals surface area (Å²) in [4.78, 5) is 31.5. The van der Waals surface area contributed by atoms with Crippen molar-refractivity contribution in [2.75, 3.05) is 0 Å². The van der Waals surface area contributed by atoms with Crippen LogP contribution >= 0.6 is 0 Å². The Balaban J connectivity index is 1.78. The fraction of sp³-hybridized carbons (Fsp3) is 0.240. The summed E-state index contributed by atoms with van der Waals surface area (Å²) < 4.78 is 11.4. The fourth-order valence-electron chi connectivity index (χ4n) is 3.75. The molecule has 0 bridgehead atoms. The Bertz CT molecular complexity index is 1160. The number of amides is 1. The van der Waals surface area contributed by atoms with Gasteiger partial charge in [0.1, 0.15) is 29.1 Å². The smallest absolute Gasteiger partial charge is 0.296 e. The largest absolute Gasteiger partial charge is 0.507 e. The summed E-state index contributed by atoms with van der Waals surface area (Å²) in [5.74, 6) is -0.0183. The zero-order chi connectivity index (χ0) is 22.8. The van der Waals surface area contributed by atoms with Crippen molar-refractivity contribution in [2.24, 2.45) is 0 Å². The number of ketones is 1. The van der Waals surface area contributed by atoms with Crippen LogP contribution in [0.4, 0.5) is 0 Å². The molecule has 1 aromatic carbocycles. The Morgan fingerprint density at radius 1 is 1.16 bits per heavy atom. The Morgan fingerprint density at radius 2 is 1.91 bits per heavy atom. The highest BCUT2D eigenvalue weighted by Crippen LogP contribution is 2.41. The first kappa shape index (κ1) is 21.4. The van der Waals surface area contributed by atoms with Crippen molar-refractivity contribution in [2.45, 2.75) is 39.5 Å². The summed E-state index contributed by atoms with van der Waals surface area (Å²) in [6.45, 7) is 5.77. The van der Waals surface area contributed by atoms with Gasteiger partial charge in [-0.25, -0.2) is 0 Å². The summed E-state index contributed by atoms with van der Waals surface area (Å²) in [5, 5.41) is 11.1. The highest BCUT2D eigenvalue weighted by molar-refractivity contribution is 6.46. The van der Waals surface area contributed by atoms with Gasteiger partial charge >= 0.3 is 0 Å². The second-order valence-electron chi connectivity index (χ2n) is 7.93. The number of carbonyl (C=O) groups excluding carboxylic acids is 2. The molecule has 0 radical (unpaired) electrons. The van der Waals surface area contributed by atoms with Crippen LogP contribution in [0.3, 0.4) is 0 Å². The maximum absolute atomic E-state index is 13.0. The average Bonchev–Trinajstić information content (AvgIpc) is 3.30. The molecule has 1 amide bonds. The molecule has 3 heterocycles. The lowest BCUT2D eigenvalue weighted by Gasteiger charge is -2.23. The molecule has 1 aliphatic heterocycles. The number of hydrogen-bond donors (Lipinski definition) is 1. The second-order valence-corrected chi connectivity index (χ2v) is 7.93. The van der Waals surface area contributed by atoms with E-state index in [4.69, 9.17) is 9.15 Å². The number of benzene rings is 1. The number of hydrogen-bond acceptors (Lipinski definition) is 6. The minimum absolute atomic E-state index is 0.00855. The number of carbonyl (C=O) groups is 2. The van der Waals surface area contributed by atoms with Gasteiger partial charge in [-0.1, -0.05) is 6.07 Å². The number of aliphatic hydroxyl groups is 1. The van der Waals surface area contributed by atoms with Crippen molar-refractivity contribution in [3.63, 3.8) is 0 Å². The van der Waals surface area contributed by atoms with Crippen LogP contribution in [0.5, 0.6) is 5.75 Å². The third-order valence-corrected chi connectivity index (χ3v) is 5.15. The van der Waals surface area contributed by atoms with Crippen molar-refractivity contribution < 1.29 is 23.8 Å². The van der Waals surface area contributed by atoms with Crippen LogP contribution in [0.2, 0.25) is 0 Å². The quantitative estimate of drug-likeness (QED) is 0.353. The zero-order valence-electron chi connectivity index (χ0n) is 18.1. The summed E-state index contributed by atoms with van der Waals surface area (Å²) in [5.41, 5.74) is 1.16. The monoisotopic (exact) mass is 432 g/mol. The SMILES string of the molecule is Cc1ccc([C@@H]2C(=C(O)c3ccc(OC(C)C)cc3)C(=O)C(=O)N2Cc2cccnc2)o1. The van der Waals surface area contributed by atoms with Crippen molar-refractivity contribution >= 4 is 17.4 Å². The Labute approximate surface area is 186 Å². The molecule has 0 spiro atoms. The number of nitrogens with zero attached hydrogens (tertiary/aromatic N) is 2. The van der Waals surface area contributed by atoms with Crippen molar-refractivity contribution in [3.8, 4) is 5.75 Å². The number of pyridine rings is 1. The van der Waals surface area contributed by atoms with E-state index in [1.165, 1.54) is 4.90 Å². The molecule has 7 heteroatoms. The Kier molecular flexibility index (Phi) is 5.81. The Hall–Kier alpha value is -3.87. The van der Waals surface area contributed by atoms with E-state index in [1.807, 2.05) is 19.9 Å². The van der Waals surface area contributed by atoms with E-state index in [-0.39, 0.29) is 24.0 Å². The van der Waals surface area contributed by atoms with Gasteiger partial charge in [0, 0.05) is 24.5 Å². The van der Waals surface area contributed by atoms with Gasteiger partial charge in [-0.3, -0.25) is 14.6 Å². The third kappa shape index (κ3) is 4.14. The number of aliphatic hydroxyl groups excluding tert-OH is 1. The van der Waals surface area contributed by atoms with Gasteiger partial charge in [-0.05, 0) is 68.8 Å². The summed E-state index contributed by atoms with van der Waals surface area (Å²) in [6, 6.07) is 13.0. The number of likely N-dealkylation sites (tertiary alicyclic amines) is 1. The molecule has 1 aliphatic rings. The predicted molar refractivity (Wildman–Crippen MR) is 118 cm³/mol. The summed E-state index contributed by atoms with van der Waals surface area (Å²) >= 11 is 0. The van der Waals surface area contributed by atoms with Crippen LogP contribution in [-0.4, -0.2) is 32.8 Å². The van der Waals surface area contributed by atoms with Crippen molar-refractivity contribution in [1.29, 1.82) is 0 Å². The van der Waals surface area contributed by atoms with Crippen molar-refractivity contribution in [3.05, 3.63) is 89.1 Å². The van der Waals surface area contributed by atoms with Crippen LogP contribution in [0.25, 0.3) is 5.76 Å². The maximum atomic E-state index is 13.0. The van der Waals surface area contributed by atoms with E-state index in [0.717, 1.165) is 5.56 Å². The molecular weight excluding hydrogens is 408 g/mol. The maximum Gasteiger partial charge on any atom is 0.296 e. The van der Waals surface area contributed by atoms with Crippen LogP contribution in [0.15, 0.2) is 70.9 Å². The van der Waals surface area contributed by atoms with Gasteiger partial charge in [0.25, 0.3) is 11.7 Å². The van der Waals surface area contributed by atoms with Gasteiger partial charge in [0.15, 0.2) is 0 Å². The summed E-state index contributed by atoms with van der Waals surface area (Å²) in [6.07, 6.45) is 3.28. The first-order chi connectivity index (χ1) is 15.3. The molecule has 1 saturated heterocycles. The minimum Gasteiger partial charge on any atom is -0.507 e. The predicted octanol–water partition coefficient (Wildman–Crippen LogP) is 4.39. The molecule has 0 aliphatic carbocycles. The lowest BCUT2D eigenvalue weighted by Crippen LogP contribution is -2.29. The molecule has 164 valence electrons. The topological polar surface area (TPSA) is 92.9 Å².